The second-order valence-electron chi connectivity index (χ2n) is 5.00. The fourth-order valence-corrected chi connectivity index (χ4v) is 1.95. The van der Waals surface area contributed by atoms with Crippen LogP contribution in [0.25, 0.3) is 0 Å². The molecule has 0 saturated carbocycles. The van der Waals surface area contributed by atoms with Crippen LogP contribution in [0.2, 0.25) is 0 Å². The van der Waals surface area contributed by atoms with Crippen LogP contribution in [0.3, 0.4) is 0 Å². The summed E-state index contributed by atoms with van der Waals surface area (Å²) in [7, 11) is 0. The van der Waals surface area contributed by atoms with Crippen molar-refractivity contribution >= 4 is 11.7 Å². The molecule has 1 rings (SSSR count). The Morgan fingerprint density at radius 2 is 1.76 bits per heavy atom. The number of nitrogens with one attached hydrogen (secondary N) is 1. The number of Topliss-reactive ketones (excluding diaryl/α,β-unsaturated/α-hetero) is 1. The number of ether oxygens (including phenoxy) is 1. The van der Waals surface area contributed by atoms with E-state index in [0.29, 0.717) is 19.6 Å². The molecular weight excluding hydrogens is 266 g/mol. The van der Waals surface area contributed by atoms with Gasteiger partial charge in [-0.3, -0.25) is 9.59 Å². The molecule has 116 valence electrons. The van der Waals surface area contributed by atoms with Gasteiger partial charge in [-0.1, -0.05) is 50.8 Å². The molecule has 0 aromatic heterocycles. The summed E-state index contributed by atoms with van der Waals surface area (Å²) in [6.07, 6.45) is 5.66. The summed E-state index contributed by atoms with van der Waals surface area (Å²) in [5.41, 5.74) is 0. The van der Waals surface area contributed by atoms with Gasteiger partial charge in [0.15, 0.2) is 0 Å². The molecule has 1 aromatic carbocycles. The monoisotopic (exact) mass is 291 g/mol. The summed E-state index contributed by atoms with van der Waals surface area (Å²) in [5.74, 6) is -0.0673. The molecule has 1 aromatic rings. The molecule has 0 spiro atoms. The maximum absolute atomic E-state index is 11.6. The Labute approximate surface area is 126 Å². The summed E-state index contributed by atoms with van der Waals surface area (Å²) >= 11 is 0. The number of benzene rings is 1. The number of hydrogen-bond donors (Lipinski definition) is 1. The van der Waals surface area contributed by atoms with Gasteiger partial charge in [0.2, 0.25) is 5.78 Å². The minimum atomic E-state index is -0.498. The van der Waals surface area contributed by atoms with Crippen molar-refractivity contribution in [3.63, 3.8) is 0 Å². The number of para-hydroxylation sites is 1. The third kappa shape index (κ3) is 8.12. The van der Waals surface area contributed by atoms with Gasteiger partial charge in [-0.2, -0.15) is 0 Å². The predicted molar refractivity (Wildman–Crippen MR) is 83.3 cm³/mol. The first-order chi connectivity index (χ1) is 10.2. The largest absolute Gasteiger partial charge is 0.492 e. The second kappa shape index (κ2) is 10.9. The Morgan fingerprint density at radius 3 is 2.48 bits per heavy atom. The highest BCUT2D eigenvalue weighted by atomic mass is 16.5. The lowest BCUT2D eigenvalue weighted by atomic mass is 10.1. The van der Waals surface area contributed by atoms with Gasteiger partial charge < -0.3 is 10.1 Å². The molecule has 21 heavy (non-hydrogen) atoms. The lowest BCUT2D eigenvalue weighted by molar-refractivity contribution is -0.138. The molecule has 1 N–H and O–H groups in total. The summed E-state index contributed by atoms with van der Waals surface area (Å²) in [6.45, 7) is 2.85. The zero-order valence-electron chi connectivity index (χ0n) is 12.8. The van der Waals surface area contributed by atoms with Crippen LogP contribution in [0.4, 0.5) is 0 Å². The van der Waals surface area contributed by atoms with Crippen molar-refractivity contribution in [2.24, 2.45) is 0 Å². The van der Waals surface area contributed by atoms with E-state index in [2.05, 4.69) is 12.2 Å². The molecule has 4 heteroatoms. The lowest BCUT2D eigenvalue weighted by Crippen LogP contribution is -2.33. The van der Waals surface area contributed by atoms with Crippen LogP contribution in [-0.2, 0) is 9.59 Å². The van der Waals surface area contributed by atoms with Crippen molar-refractivity contribution in [3.8, 4) is 5.75 Å². The molecule has 1 amide bonds. The maximum atomic E-state index is 11.6. The van der Waals surface area contributed by atoms with Gasteiger partial charge in [0.05, 0.1) is 6.54 Å². The number of ketones is 1. The molecule has 0 aliphatic carbocycles. The number of hydrogen-bond acceptors (Lipinski definition) is 3. The molecule has 0 heterocycles. The van der Waals surface area contributed by atoms with E-state index in [4.69, 9.17) is 4.74 Å². The van der Waals surface area contributed by atoms with E-state index in [0.717, 1.165) is 25.0 Å². The summed E-state index contributed by atoms with van der Waals surface area (Å²) in [6, 6.07) is 9.38. The summed E-state index contributed by atoms with van der Waals surface area (Å²) in [4.78, 5) is 23.1. The third-order valence-corrected chi connectivity index (χ3v) is 3.16. The third-order valence-electron chi connectivity index (χ3n) is 3.16. The smallest absolute Gasteiger partial charge is 0.287 e. The Balaban J connectivity index is 2.06. The first kappa shape index (κ1) is 17.2. The van der Waals surface area contributed by atoms with Crippen LogP contribution < -0.4 is 10.1 Å². The van der Waals surface area contributed by atoms with Crippen molar-refractivity contribution in [1.82, 2.24) is 5.32 Å². The Kier molecular flexibility index (Phi) is 8.93. The SMILES string of the molecule is CCCCCCCC(=O)C(=O)NCCOc1ccccc1. The minimum Gasteiger partial charge on any atom is -0.492 e. The fraction of sp³-hybridized carbons (Fsp3) is 0.529. The van der Waals surface area contributed by atoms with Crippen molar-refractivity contribution in [2.45, 2.75) is 45.4 Å². The number of carbonyl (C=O) groups is 2. The van der Waals surface area contributed by atoms with Crippen LogP contribution in [0.5, 0.6) is 5.75 Å². The van der Waals surface area contributed by atoms with E-state index in [1.54, 1.807) is 0 Å². The first-order valence-corrected chi connectivity index (χ1v) is 7.73. The first-order valence-electron chi connectivity index (χ1n) is 7.73. The Morgan fingerprint density at radius 1 is 1.05 bits per heavy atom. The van der Waals surface area contributed by atoms with Gasteiger partial charge in [0.25, 0.3) is 5.91 Å². The lowest BCUT2D eigenvalue weighted by Gasteiger charge is -2.07. The quantitative estimate of drug-likeness (QED) is 0.503. The molecule has 0 unspecified atom stereocenters. The maximum Gasteiger partial charge on any atom is 0.287 e. The van der Waals surface area contributed by atoms with E-state index >= 15 is 0 Å². The van der Waals surface area contributed by atoms with E-state index in [-0.39, 0.29) is 5.78 Å². The van der Waals surface area contributed by atoms with E-state index in [1.807, 2.05) is 30.3 Å². The van der Waals surface area contributed by atoms with Gasteiger partial charge in [0.1, 0.15) is 12.4 Å². The van der Waals surface area contributed by atoms with Gasteiger partial charge in [0, 0.05) is 6.42 Å². The van der Waals surface area contributed by atoms with Gasteiger partial charge in [-0.25, -0.2) is 0 Å². The molecule has 4 nitrogen and oxygen atoms in total. The Bertz CT molecular complexity index is 417. The highest BCUT2D eigenvalue weighted by molar-refractivity contribution is 6.36. The molecule has 0 saturated heterocycles. The topological polar surface area (TPSA) is 55.4 Å². The molecule has 0 fully saturated rings. The van der Waals surface area contributed by atoms with Crippen LogP contribution in [0.1, 0.15) is 45.4 Å². The number of amides is 1. The predicted octanol–water partition coefficient (Wildman–Crippen LogP) is 3.11. The molecule has 0 atom stereocenters. The van der Waals surface area contributed by atoms with Crippen molar-refractivity contribution in [2.75, 3.05) is 13.2 Å². The van der Waals surface area contributed by atoms with E-state index in [1.165, 1.54) is 12.8 Å². The summed E-state index contributed by atoms with van der Waals surface area (Å²) in [5, 5.41) is 2.59. The number of unbranched alkanes of at least 4 members (excludes halogenated alkanes) is 4. The minimum absolute atomic E-state index is 0.328. The highest BCUT2D eigenvalue weighted by Crippen LogP contribution is 2.07. The summed E-state index contributed by atoms with van der Waals surface area (Å²) < 4.78 is 5.44. The van der Waals surface area contributed by atoms with Gasteiger partial charge >= 0.3 is 0 Å². The van der Waals surface area contributed by atoms with Crippen molar-refractivity contribution in [3.05, 3.63) is 30.3 Å². The fourth-order valence-electron chi connectivity index (χ4n) is 1.95. The standard InChI is InChI=1S/C17H25NO3/c1-2-3-4-5-9-12-16(19)17(20)18-13-14-21-15-10-7-6-8-11-15/h6-8,10-11H,2-5,9,12-14H2,1H3,(H,18,20). The molecule has 0 radical (unpaired) electrons. The zero-order valence-corrected chi connectivity index (χ0v) is 12.8. The number of rotatable bonds is 11. The number of carbonyl (C=O) groups excluding carboxylic acids is 2. The van der Waals surface area contributed by atoms with E-state index < -0.39 is 5.91 Å². The van der Waals surface area contributed by atoms with Crippen molar-refractivity contribution < 1.29 is 14.3 Å². The average Bonchev–Trinajstić information content (AvgIpc) is 2.52. The second-order valence-corrected chi connectivity index (χ2v) is 5.00. The van der Waals surface area contributed by atoms with Crippen LogP contribution in [-0.4, -0.2) is 24.8 Å². The average molecular weight is 291 g/mol. The van der Waals surface area contributed by atoms with Crippen LogP contribution >= 0.6 is 0 Å². The van der Waals surface area contributed by atoms with Crippen LogP contribution in [0.15, 0.2) is 30.3 Å². The molecular formula is C17H25NO3. The zero-order chi connectivity index (χ0) is 15.3. The van der Waals surface area contributed by atoms with Gasteiger partial charge in [-0.05, 0) is 18.6 Å². The van der Waals surface area contributed by atoms with Crippen molar-refractivity contribution in [1.29, 1.82) is 0 Å². The molecule has 0 aliphatic heterocycles. The Hall–Kier alpha value is -1.84. The van der Waals surface area contributed by atoms with Crippen LogP contribution in [0, 0.1) is 0 Å². The highest BCUT2D eigenvalue weighted by Gasteiger charge is 2.12. The van der Waals surface area contributed by atoms with E-state index in [9.17, 15) is 9.59 Å². The molecule has 0 aliphatic rings. The van der Waals surface area contributed by atoms with Gasteiger partial charge in [-0.15, -0.1) is 0 Å². The molecule has 0 bridgehead atoms. The normalized spacial score (nSPS) is 10.1.